The number of pyridine rings is 1. The second-order valence-corrected chi connectivity index (χ2v) is 9.26. The third-order valence-electron chi connectivity index (χ3n) is 6.26. The first kappa shape index (κ1) is 25.1. The zero-order valence-electron chi connectivity index (χ0n) is 20.1. The highest BCUT2D eigenvalue weighted by atomic mass is 35.5. The van der Waals surface area contributed by atoms with Crippen molar-refractivity contribution >= 4 is 46.6 Å². The molecule has 5 rings (SSSR count). The van der Waals surface area contributed by atoms with Gasteiger partial charge in [-0.2, -0.15) is 0 Å². The fourth-order valence-corrected chi connectivity index (χ4v) is 5.16. The zero-order valence-corrected chi connectivity index (χ0v) is 21.6. The number of rotatable bonds is 7. The predicted octanol–water partition coefficient (Wildman–Crippen LogP) is 3.98. The molecule has 0 aliphatic carbocycles. The maximum Gasteiger partial charge on any atom is 0.241 e. The third kappa shape index (κ3) is 4.75. The smallest absolute Gasteiger partial charge is 0.241 e. The number of carbonyl (C=O) groups excluding carboxylic acids is 1. The first-order valence-electron chi connectivity index (χ1n) is 11.4. The maximum absolute atomic E-state index is 11.2. The minimum absolute atomic E-state index is 0.0381. The number of nitrogens with zero attached hydrogens (tertiary/aromatic N) is 4. The summed E-state index contributed by atoms with van der Waals surface area (Å²) in [5, 5.41) is 4.00. The Labute approximate surface area is 223 Å². The lowest BCUT2D eigenvalue weighted by Gasteiger charge is -2.33. The van der Waals surface area contributed by atoms with E-state index in [4.69, 9.17) is 48.1 Å². The first-order chi connectivity index (χ1) is 17.9. The number of benzene rings is 1. The lowest BCUT2D eigenvalue weighted by molar-refractivity contribution is -0.113. The van der Waals surface area contributed by atoms with Gasteiger partial charge in [-0.25, -0.2) is 15.0 Å². The molecule has 10 nitrogen and oxygen atoms in total. The second kappa shape index (κ2) is 10.4. The van der Waals surface area contributed by atoms with E-state index < -0.39 is 5.91 Å². The normalized spacial score (nSPS) is 18.4. The summed E-state index contributed by atoms with van der Waals surface area (Å²) in [6.07, 6.45) is 6.55. The van der Waals surface area contributed by atoms with Crippen LogP contribution >= 0.6 is 23.2 Å². The lowest BCUT2D eigenvalue weighted by atomic mass is 10.0. The molecule has 0 saturated carbocycles. The number of methoxy groups -OCH3 is 2. The van der Waals surface area contributed by atoms with Crippen LogP contribution in [0.1, 0.15) is 5.56 Å². The van der Waals surface area contributed by atoms with Crippen LogP contribution in [0.4, 0.5) is 17.5 Å². The van der Waals surface area contributed by atoms with Crippen molar-refractivity contribution < 1.29 is 19.0 Å². The molecule has 1 amide bonds. The van der Waals surface area contributed by atoms with E-state index in [1.165, 1.54) is 20.3 Å². The standard InChI is InChI=1S/C25H24Cl2N6O4/c1-35-17-8-18(36-2)21(27)23(20(17)26)33-10-14-9-30-25(32-22(14)15-4-3-7-29-24(15)33)31-16-12-37-11-13(16)5-6-19(28)34/h3-9,13,16H,10-12H2,1-2H3,(H2,28,34)(H,30,31,32)/t13-,16+/m0/s1. The van der Waals surface area contributed by atoms with Gasteiger partial charge < -0.3 is 30.2 Å². The number of fused-ring (bicyclic) bond motifs is 3. The van der Waals surface area contributed by atoms with E-state index >= 15 is 0 Å². The van der Waals surface area contributed by atoms with Gasteiger partial charge in [0.25, 0.3) is 0 Å². The summed E-state index contributed by atoms with van der Waals surface area (Å²) < 4.78 is 16.5. The Morgan fingerprint density at radius 2 is 1.97 bits per heavy atom. The number of halogens is 2. The van der Waals surface area contributed by atoms with Crippen molar-refractivity contribution in [2.45, 2.75) is 12.6 Å². The summed E-state index contributed by atoms with van der Waals surface area (Å²) in [5.41, 5.74) is 8.14. The molecule has 2 atom stereocenters. The van der Waals surface area contributed by atoms with E-state index in [1.54, 1.807) is 24.5 Å². The summed E-state index contributed by atoms with van der Waals surface area (Å²) in [6, 6.07) is 5.31. The Morgan fingerprint density at radius 1 is 1.22 bits per heavy atom. The van der Waals surface area contributed by atoms with Crippen molar-refractivity contribution in [2.75, 3.05) is 37.7 Å². The van der Waals surface area contributed by atoms with Crippen LogP contribution in [0.15, 0.2) is 42.7 Å². The number of hydrogen-bond donors (Lipinski definition) is 2. The molecular weight excluding hydrogens is 519 g/mol. The minimum Gasteiger partial charge on any atom is -0.495 e. The van der Waals surface area contributed by atoms with Gasteiger partial charge in [-0.15, -0.1) is 0 Å². The van der Waals surface area contributed by atoms with Gasteiger partial charge in [0.05, 0.1) is 51.4 Å². The molecule has 3 aromatic rings. The number of aromatic nitrogens is 3. The SMILES string of the molecule is COc1cc(OC)c(Cl)c(N2Cc3cnc(N[C@@H]4COC[C@@H]4C=CC(N)=O)nc3-c3cccnc32)c1Cl. The molecule has 0 spiro atoms. The zero-order chi connectivity index (χ0) is 26.1. The van der Waals surface area contributed by atoms with Crippen molar-refractivity contribution in [1.82, 2.24) is 15.0 Å². The summed E-state index contributed by atoms with van der Waals surface area (Å²) in [6.45, 7) is 1.29. The number of hydrogen-bond acceptors (Lipinski definition) is 9. The van der Waals surface area contributed by atoms with Crippen LogP contribution in [0.3, 0.4) is 0 Å². The van der Waals surface area contributed by atoms with Gasteiger partial charge in [0.2, 0.25) is 11.9 Å². The van der Waals surface area contributed by atoms with Crippen LogP contribution in [-0.2, 0) is 16.1 Å². The van der Waals surface area contributed by atoms with Crippen molar-refractivity contribution in [3.05, 3.63) is 58.4 Å². The number of ether oxygens (including phenoxy) is 3. The molecule has 0 bridgehead atoms. The van der Waals surface area contributed by atoms with Gasteiger partial charge in [0.1, 0.15) is 27.4 Å². The number of amides is 1. The number of nitrogens with two attached hydrogens (primary N) is 1. The topological polar surface area (TPSA) is 125 Å². The predicted molar refractivity (Wildman–Crippen MR) is 141 cm³/mol. The van der Waals surface area contributed by atoms with E-state index in [2.05, 4.69) is 15.3 Å². The van der Waals surface area contributed by atoms with Gasteiger partial charge in [-0.1, -0.05) is 29.3 Å². The van der Waals surface area contributed by atoms with Crippen LogP contribution in [0.2, 0.25) is 10.0 Å². The van der Waals surface area contributed by atoms with E-state index in [0.717, 1.165) is 16.8 Å². The van der Waals surface area contributed by atoms with Gasteiger partial charge in [0.15, 0.2) is 0 Å². The molecular formula is C25H24Cl2N6O4. The molecule has 1 fully saturated rings. The number of anilines is 3. The van der Waals surface area contributed by atoms with E-state index in [9.17, 15) is 4.79 Å². The molecule has 4 heterocycles. The van der Waals surface area contributed by atoms with Crippen LogP contribution in [-0.4, -0.2) is 54.3 Å². The van der Waals surface area contributed by atoms with Crippen LogP contribution in [0.25, 0.3) is 11.3 Å². The van der Waals surface area contributed by atoms with Gasteiger partial charge >= 0.3 is 0 Å². The molecule has 2 aromatic heterocycles. The first-order valence-corrected chi connectivity index (χ1v) is 12.2. The number of primary amides is 1. The highest BCUT2D eigenvalue weighted by Gasteiger charge is 2.32. The quantitative estimate of drug-likeness (QED) is 0.426. The molecule has 192 valence electrons. The summed E-state index contributed by atoms with van der Waals surface area (Å²) in [7, 11) is 3.06. The summed E-state index contributed by atoms with van der Waals surface area (Å²) >= 11 is 13.5. The Bertz CT molecular complexity index is 1360. The summed E-state index contributed by atoms with van der Waals surface area (Å²) in [5.74, 6) is 1.38. The van der Waals surface area contributed by atoms with Gasteiger partial charge in [-0.3, -0.25) is 4.79 Å². The maximum atomic E-state index is 11.2. The van der Waals surface area contributed by atoms with E-state index in [0.29, 0.717) is 58.8 Å². The highest BCUT2D eigenvalue weighted by molar-refractivity contribution is 6.41. The Balaban J connectivity index is 1.52. The molecule has 3 N–H and O–H groups in total. The molecule has 0 unspecified atom stereocenters. The average Bonchev–Trinajstić information content (AvgIpc) is 3.34. The van der Waals surface area contributed by atoms with Crippen LogP contribution in [0, 0.1) is 5.92 Å². The van der Waals surface area contributed by atoms with Gasteiger partial charge in [0, 0.05) is 35.5 Å². The Hall–Kier alpha value is -3.60. The van der Waals surface area contributed by atoms with Crippen molar-refractivity contribution in [2.24, 2.45) is 11.7 Å². The Kier molecular flexibility index (Phi) is 7.05. The number of carbonyl (C=O) groups is 1. The van der Waals surface area contributed by atoms with Crippen molar-refractivity contribution in [3.8, 4) is 22.8 Å². The molecule has 1 saturated heterocycles. The molecule has 12 heteroatoms. The van der Waals surface area contributed by atoms with E-state index in [1.807, 2.05) is 17.0 Å². The van der Waals surface area contributed by atoms with Crippen molar-refractivity contribution in [1.29, 1.82) is 0 Å². The van der Waals surface area contributed by atoms with Crippen LogP contribution < -0.4 is 25.4 Å². The highest BCUT2D eigenvalue weighted by Crippen LogP contribution is 2.51. The fourth-order valence-electron chi connectivity index (χ4n) is 4.46. The molecule has 1 aromatic carbocycles. The number of nitrogens with one attached hydrogen (secondary N) is 1. The largest absolute Gasteiger partial charge is 0.495 e. The van der Waals surface area contributed by atoms with Gasteiger partial charge in [-0.05, 0) is 18.2 Å². The third-order valence-corrected chi connectivity index (χ3v) is 6.99. The molecule has 37 heavy (non-hydrogen) atoms. The minimum atomic E-state index is -0.502. The summed E-state index contributed by atoms with van der Waals surface area (Å²) in [4.78, 5) is 27.0. The monoisotopic (exact) mass is 542 g/mol. The fraction of sp³-hybridized carbons (Fsp3) is 0.280. The Morgan fingerprint density at radius 3 is 2.68 bits per heavy atom. The van der Waals surface area contributed by atoms with E-state index in [-0.39, 0.29) is 12.0 Å². The average molecular weight is 543 g/mol. The molecule has 0 radical (unpaired) electrons. The second-order valence-electron chi connectivity index (χ2n) is 8.50. The van der Waals surface area contributed by atoms with Crippen molar-refractivity contribution in [3.63, 3.8) is 0 Å². The lowest BCUT2D eigenvalue weighted by Crippen LogP contribution is -2.29. The molecule has 2 aliphatic rings. The molecule has 2 aliphatic heterocycles. The van der Waals surface area contributed by atoms with Crippen LogP contribution in [0.5, 0.6) is 11.5 Å².